The van der Waals surface area contributed by atoms with Crippen molar-refractivity contribution in [3.05, 3.63) is 83.7 Å². The van der Waals surface area contributed by atoms with Gasteiger partial charge in [0.2, 0.25) is 11.8 Å². The molecule has 0 aromatic carbocycles. The van der Waals surface area contributed by atoms with E-state index in [9.17, 15) is 9.18 Å². The van der Waals surface area contributed by atoms with Gasteiger partial charge >= 0.3 is 6.09 Å². The lowest BCUT2D eigenvalue weighted by Gasteiger charge is -2.33. The van der Waals surface area contributed by atoms with E-state index in [0.717, 1.165) is 41.1 Å². The number of nitrogens with one attached hydrogen (secondary N) is 2. The number of piperidine rings is 1. The van der Waals surface area contributed by atoms with Crippen LogP contribution in [0.5, 0.6) is 5.88 Å². The fourth-order valence-corrected chi connectivity index (χ4v) is 5.55. The zero-order chi connectivity index (χ0) is 32.4. The van der Waals surface area contributed by atoms with Crippen LogP contribution in [0.3, 0.4) is 0 Å². The Balaban J connectivity index is 1.12. The molecule has 5 aromatic heterocycles. The average Bonchev–Trinajstić information content (AvgIpc) is 3.68. The lowest BCUT2D eigenvalue weighted by molar-refractivity contribution is 0.0184. The number of ether oxygens (including phenoxy) is 2. The number of nitrogens with zero attached hydrogens (tertiary/aromatic N) is 6. The van der Waals surface area contributed by atoms with Crippen molar-refractivity contribution in [1.82, 2.24) is 34.6 Å². The molecule has 6 rings (SSSR count). The molecule has 5 aromatic rings. The molecule has 46 heavy (non-hydrogen) atoms. The number of rotatable bonds is 8. The van der Waals surface area contributed by atoms with Crippen LogP contribution in [-0.2, 0) is 17.7 Å². The minimum atomic E-state index is -0.605. The second kappa shape index (κ2) is 12.7. The standard InChI is InChI=1S/C33H36F2N8O3/c1-33(2,3)46-32(44)42-9-7-26(8-10-42)43-19-24(17-40-43)21-13-27-22(15-38-30(27)37-14-21)11-20-5-6-28(41-29(20)35)36-16-23-12-25(34)18-39-31(23)45-4/h5-6,12-15,17-19,26H,7-11,16H2,1-4H3,(H,36,41)(H,37,38). The lowest BCUT2D eigenvalue weighted by Crippen LogP contribution is -2.42. The smallest absolute Gasteiger partial charge is 0.410 e. The number of hydrogen-bond donors (Lipinski definition) is 2. The molecule has 13 heteroatoms. The fourth-order valence-electron chi connectivity index (χ4n) is 5.55. The minimum absolute atomic E-state index is 0.165. The molecule has 0 saturated carbocycles. The first-order valence-corrected chi connectivity index (χ1v) is 15.1. The first-order chi connectivity index (χ1) is 22.1. The minimum Gasteiger partial charge on any atom is -0.481 e. The molecule has 240 valence electrons. The first kappa shape index (κ1) is 30.9. The zero-order valence-electron chi connectivity index (χ0n) is 26.2. The summed E-state index contributed by atoms with van der Waals surface area (Å²) in [5.41, 5.74) is 3.79. The van der Waals surface area contributed by atoms with Crippen molar-refractivity contribution in [3.63, 3.8) is 0 Å². The summed E-state index contributed by atoms with van der Waals surface area (Å²) in [6, 6.07) is 6.88. The van der Waals surface area contributed by atoms with E-state index in [0.29, 0.717) is 42.1 Å². The van der Waals surface area contributed by atoms with Crippen LogP contribution in [0.2, 0.25) is 0 Å². The van der Waals surface area contributed by atoms with Gasteiger partial charge in [-0.25, -0.2) is 24.1 Å². The highest BCUT2D eigenvalue weighted by Gasteiger charge is 2.28. The van der Waals surface area contributed by atoms with Crippen molar-refractivity contribution < 1.29 is 23.0 Å². The van der Waals surface area contributed by atoms with Crippen LogP contribution in [0.25, 0.3) is 22.2 Å². The first-order valence-electron chi connectivity index (χ1n) is 15.1. The number of H-pyrrole nitrogens is 1. The van der Waals surface area contributed by atoms with Crippen LogP contribution in [0.4, 0.5) is 19.4 Å². The summed E-state index contributed by atoms with van der Waals surface area (Å²) < 4.78 is 41.4. The number of amides is 1. The predicted octanol–water partition coefficient (Wildman–Crippen LogP) is 6.28. The number of aromatic amines is 1. The van der Waals surface area contributed by atoms with E-state index in [1.165, 1.54) is 13.2 Å². The lowest BCUT2D eigenvalue weighted by atomic mass is 10.0. The Hall–Kier alpha value is -5.07. The number of pyridine rings is 3. The molecule has 1 amide bonds. The van der Waals surface area contributed by atoms with Crippen LogP contribution in [0.15, 0.2) is 55.2 Å². The summed E-state index contributed by atoms with van der Waals surface area (Å²) in [5.74, 6) is -0.504. The Bertz CT molecular complexity index is 1860. The molecule has 1 aliphatic heterocycles. The van der Waals surface area contributed by atoms with Crippen molar-refractivity contribution in [2.75, 3.05) is 25.5 Å². The van der Waals surface area contributed by atoms with Crippen molar-refractivity contribution >= 4 is 22.9 Å². The van der Waals surface area contributed by atoms with Crippen molar-refractivity contribution in [2.24, 2.45) is 0 Å². The third-order valence-corrected chi connectivity index (χ3v) is 7.89. The Labute approximate surface area is 265 Å². The molecular formula is C33H36F2N8O3. The molecule has 0 spiro atoms. The van der Waals surface area contributed by atoms with Gasteiger partial charge in [-0.15, -0.1) is 0 Å². The van der Waals surface area contributed by atoms with E-state index in [1.807, 2.05) is 50.1 Å². The fraction of sp³-hybridized carbons (Fsp3) is 0.364. The van der Waals surface area contributed by atoms with Crippen LogP contribution >= 0.6 is 0 Å². The SMILES string of the molecule is COc1ncc(F)cc1CNc1ccc(Cc2c[nH]c3ncc(-c4cnn(C5CCN(C(=O)OC(C)(C)C)CC5)c4)cc23)c(F)n1. The second-order valence-corrected chi connectivity index (χ2v) is 12.3. The highest BCUT2D eigenvalue weighted by molar-refractivity contribution is 5.84. The number of halogens is 2. The van der Waals surface area contributed by atoms with Gasteiger partial charge in [-0.2, -0.15) is 9.49 Å². The van der Waals surface area contributed by atoms with E-state index < -0.39 is 17.4 Å². The number of carbonyl (C=O) groups excluding carboxylic acids is 1. The molecule has 1 fully saturated rings. The summed E-state index contributed by atoms with van der Waals surface area (Å²) in [5, 5.41) is 8.50. The van der Waals surface area contributed by atoms with E-state index in [1.54, 1.807) is 23.2 Å². The maximum atomic E-state index is 15.1. The van der Waals surface area contributed by atoms with Crippen molar-refractivity contribution in [3.8, 4) is 17.0 Å². The monoisotopic (exact) mass is 630 g/mol. The number of fused-ring (bicyclic) bond motifs is 1. The van der Waals surface area contributed by atoms with Gasteiger partial charge < -0.3 is 24.7 Å². The van der Waals surface area contributed by atoms with E-state index in [-0.39, 0.29) is 24.6 Å². The summed E-state index contributed by atoms with van der Waals surface area (Å²) in [6.07, 6.45) is 10.1. The zero-order valence-corrected chi connectivity index (χ0v) is 26.2. The molecule has 1 aliphatic rings. The molecule has 0 atom stereocenters. The van der Waals surface area contributed by atoms with Crippen molar-refractivity contribution in [2.45, 2.75) is 58.2 Å². The summed E-state index contributed by atoms with van der Waals surface area (Å²) in [6.45, 7) is 6.98. The van der Waals surface area contributed by atoms with E-state index in [2.05, 4.69) is 30.4 Å². The number of aromatic nitrogens is 6. The van der Waals surface area contributed by atoms with Gasteiger partial charge in [0.15, 0.2) is 0 Å². The number of methoxy groups -OCH3 is 1. The highest BCUT2D eigenvalue weighted by Crippen LogP contribution is 2.29. The summed E-state index contributed by atoms with van der Waals surface area (Å²) in [4.78, 5) is 30.0. The topological polar surface area (TPSA) is 123 Å². The van der Waals surface area contributed by atoms with Gasteiger partial charge in [-0.1, -0.05) is 6.07 Å². The Morgan fingerprint density at radius 3 is 2.59 bits per heavy atom. The van der Waals surface area contributed by atoms with Crippen LogP contribution in [-0.4, -0.2) is 66.5 Å². The predicted molar refractivity (Wildman–Crippen MR) is 168 cm³/mol. The summed E-state index contributed by atoms with van der Waals surface area (Å²) in [7, 11) is 1.45. The summed E-state index contributed by atoms with van der Waals surface area (Å²) >= 11 is 0. The van der Waals surface area contributed by atoms with Gasteiger partial charge in [0.1, 0.15) is 22.9 Å². The third kappa shape index (κ3) is 6.93. The van der Waals surface area contributed by atoms with Gasteiger partial charge in [-0.3, -0.25) is 4.68 Å². The molecule has 0 radical (unpaired) electrons. The van der Waals surface area contributed by atoms with Crippen LogP contribution < -0.4 is 10.1 Å². The maximum Gasteiger partial charge on any atom is 0.410 e. The molecule has 2 N–H and O–H groups in total. The van der Waals surface area contributed by atoms with Gasteiger partial charge in [0.25, 0.3) is 0 Å². The molecule has 11 nitrogen and oxygen atoms in total. The number of carbonyl (C=O) groups is 1. The molecular weight excluding hydrogens is 594 g/mol. The highest BCUT2D eigenvalue weighted by atomic mass is 19.1. The molecule has 1 saturated heterocycles. The van der Waals surface area contributed by atoms with Crippen molar-refractivity contribution in [1.29, 1.82) is 0 Å². The molecule has 0 aliphatic carbocycles. The quantitative estimate of drug-likeness (QED) is 0.192. The Morgan fingerprint density at radius 1 is 1.04 bits per heavy atom. The Morgan fingerprint density at radius 2 is 1.85 bits per heavy atom. The largest absolute Gasteiger partial charge is 0.481 e. The van der Waals surface area contributed by atoms with Crippen LogP contribution in [0.1, 0.15) is 56.3 Å². The second-order valence-electron chi connectivity index (χ2n) is 12.3. The molecule has 6 heterocycles. The van der Waals surface area contributed by atoms with Crippen LogP contribution in [0, 0.1) is 11.8 Å². The van der Waals surface area contributed by atoms with E-state index in [4.69, 9.17) is 9.47 Å². The average molecular weight is 631 g/mol. The number of anilines is 1. The number of hydrogen-bond acceptors (Lipinski definition) is 8. The van der Waals surface area contributed by atoms with Gasteiger partial charge in [0, 0.05) is 72.3 Å². The Kier molecular flexibility index (Phi) is 8.57. The number of likely N-dealkylation sites (tertiary alicyclic amines) is 1. The van der Waals surface area contributed by atoms with E-state index >= 15 is 4.39 Å². The maximum absolute atomic E-state index is 15.1. The normalized spacial score (nSPS) is 14.1. The molecule has 0 unspecified atom stereocenters. The third-order valence-electron chi connectivity index (χ3n) is 7.89. The molecule has 0 bridgehead atoms. The van der Waals surface area contributed by atoms with Gasteiger partial charge in [-0.05, 0) is 57.4 Å². The van der Waals surface area contributed by atoms with Gasteiger partial charge in [0.05, 0.1) is 25.5 Å².